The molecule has 0 heterocycles. The van der Waals surface area contributed by atoms with Gasteiger partial charge in [0, 0.05) is 6.54 Å². The zero-order valence-electron chi connectivity index (χ0n) is 7.29. The minimum absolute atomic E-state index is 0.0330. The molecule has 0 aromatic heterocycles. The summed E-state index contributed by atoms with van der Waals surface area (Å²) in [5.41, 5.74) is -0.564. The van der Waals surface area contributed by atoms with Crippen LogP contribution in [-0.4, -0.2) is 16.8 Å². The number of halogens is 2. The Hall–Kier alpha value is 0.0500. The number of alkyl halides is 2. The Labute approximate surface area is 82.6 Å². The van der Waals surface area contributed by atoms with Gasteiger partial charge in [0.2, 0.25) is 5.91 Å². The first-order chi connectivity index (χ1) is 5.44. The van der Waals surface area contributed by atoms with Crippen LogP contribution < -0.4 is 5.32 Å². The van der Waals surface area contributed by atoms with Gasteiger partial charge in [0.05, 0.1) is 5.41 Å². The van der Waals surface area contributed by atoms with Crippen LogP contribution in [-0.2, 0) is 4.79 Å². The Kier molecular flexibility index (Phi) is 2.60. The van der Waals surface area contributed by atoms with Crippen molar-refractivity contribution in [3.05, 3.63) is 0 Å². The fourth-order valence-electron chi connectivity index (χ4n) is 1.08. The highest BCUT2D eigenvalue weighted by atomic mass is 35.5. The molecule has 1 saturated carbocycles. The molecule has 1 fully saturated rings. The third kappa shape index (κ3) is 1.55. The quantitative estimate of drug-likeness (QED) is 0.710. The van der Waals surface area contributed by atoms with E-state index in [0.29, 0.717) is 13.0 Å². The summed E-state index contributed by atoms with van der Waals surface area (Å²) in [6.07, 6.45) is 1.48. The van der Waals surface area contributed by atoms with Gasteiger partial charge in [0.15, 0.2) is 0 Å². The van der Waals surface area contributed by atoms with Crippen molar-refractivity contribution >= 4 is 29.1 Å². The van der Waals surface area contributed by atoms with E-state index in [1.165, 1.54) is 0 Å². The van der Waals surface area contributed by atoms with Gasteiger partial charge < -0.3 is 5.32 Å². The van der Waals surface area contributed by atoms with Gasteiger partial charge in [-0.25, -0.2) is 0 Å². The van der Waals surface area contributed by atoms with Crippen molar-refractivity contribution in [2.24, 2.45) is 5.41 Å². The Morgan fingerprint density at radius 3 is 2.42 bits per heavy atom. The highest BCUT2D eigenvalue weighted by Gasteiger charge is 2.67. The molecule has 0 aliphatic heterocycles. The second-order valence-corrected chi connectivity index (χ2v) is 4.95. The normalized spacial score (nSPS) is 31.3. The van der Waals surface area contributed by atoms with Gasteiger partial charge in [-0.3, -0.25) is 4.79 Å². The van der Waals surface area contributed by atoms with Gasteiger partial charge in [-0.1, -0.05) is 6.92 Å². The standard InChI is InChI=1S/C8H13Cl2NO/c1-3-4-11-6(12)7(2)5-8(7,9)10/h3-5H2,1-2H3,(H,11,12). The van der Waals surface area contributed by atoms with Crippen molar-refractivity contribution < 1.29 is 4.79 Å². The Morgan fingerprint density at radius 1 is 1.58 bits per heavy atom. The molecule has 12 heavy (non-hydrogen) atoms. The molecule has 0 saturated heterocycles. The molecule has 1 aliphatic carbocycles. The summed E-state index contributed by atoms with van der Waals surface area (Å²) in [5, 5.41) is 2.78. The lowest BCUT2D eigenvalue weighted by atomic mass is 10.1. The number of carbonyl (C=O) groups is 1. The second kappa shape index (κ2) is 3.08. The number of hydrogen-bond donors (Lipinski definition) is 1. The van der Waals surface area contributed by atoms with Gasteiger partial charge in [-0.15, -0.1) is 23.2 Å². The first kappa shape index (κ1) is 10.1. The zero-order valence-corrected chi connectivity index (χ0v) is 8.80. The summed E-state index contributed by atoms with van der Waals surface area (Å²) in [5.74, 6) is -0.0330. The van der Waals surface area contributed by atoms with Gasteiger partial charge in [-0.2, -0.15) is 0 Å². The molecule has 1 rings (SSSR count). The predicted octanol–water partition coefficient (Wildman–Crippen LogP) is 2.10. The fraction of sp³-hybridized carbons (Fsp3) is 0.875. The minimum atomic E-state index is -0.842. The molecule has 0 spiro atoms. The topological polar surface area (TPSA) is 29.1 Å². The molecule has 70 valence electrons. The molecule has 0 aromatic rings. The second-order valence-electron chi connectivity index (χ2n) is 3.47. The Bertz CT molecular complexity index is 205. The third-order valence-corrected chi connectivity index (χ3v) is 3.40. The third-order valence-electron chi connectivity index (χ3n) is 2.29. The maximum atomic E-state index is 11.4. The van der Waals surface area contributed by atoms with Crippen LogP contribution in [0, 0.1) is 5.41 Å². The smallest absolute Gasteiger partial charge is 0.229 e. The molecule has 4 heteroatoms. The first-order valence-corrected chi connectivity index (χ1v) is 4.86. The summed E-state index contributed by atoms with van der Waals surface area (Å²) in [7, 11) is 0. The number of nitrogens with one attached hydrogen (secondary N) is 1. The maximum Gasteiger partial charge on any atom is 0.229 e. The predicted molar refractivity (Wildman–Crippen MR) is 50.5 cm³/mol. The van der Waals surface area contributed by atoms with E-state index in [2.05, 4.69) is 5.32 Å². The van der Waals surface area contributed by atoms with E-state index < -0.39 is 9.75 Å². The van der Waals surface area contributed by atoms with E-state index >= 15 is 0 Å². The summed E-state index contributed by atoms with van der Waals surface area (Å²) in [6.45, 7) is 4.49. The lowest BCUT2D eigenvalue weighted by molar-refractivity contribution is -0.125. The largest absolute Gasteiger partial charge is 0.356 e. The number of amides is 1. The van der Waals surface area contributed by atoms with Crippen LogP contribution in [0.4, 0.5) is 0 Å². The van der Waals surface area contributed by atoms with Crippen molar-refractivity contribution in [3.63, 3.8) is 0 Å². The molecular weight excluding hydrogens is 197 g/mol. The number of rotatable bonds is 3. The van der Waals surface area contributed by atoms with E-state index in [4.69, 9.17) is 23.2 Å². The lowest BCUT2D eigenvalue weighted by Crippen LogP contribution is -2.33. The van der Waals surface area contributed by atoms with Gasteiger partial charge in [0.25, 0.3) is 0 Å². The molecule has 2 nitrogen and oxygen atoms in total. The molecular formula is C8H13Cl2NO. The summed E-state index contributed by atoms with van der Waals surface area (Å²) in [4.78, 5) is 11.4. The molecule has 1 N–H and O–H groups in total. The van der Waals surface area contributed by atoms with Crippen molar-refractivity contribution in [2.45, 2.75) is 31.0 Å². The van der Waals surface area contributed by atoms with Gasteiger partial charge in [-0.05, 0) is 19.8 Å². The highest BCUT2D eigenvalue weighted by molar-refractivity contribution is 6.53. The molecule has 1 unspecified atom stereocenters. The van der Waals surface area contributed by atoms with Crippen LogP contribution in [0.25, 0.3) is 0 Å². The van der Waals surface area contributed by atoms with Crippen LogP contribution in [0.5, 0.6) is 0 Å². The van der Waals surface area contributed by atoms with Gasteiger partial charge in [0.1, 0.15) is 4.33 Å². The number of hydrogen-bond acceptors (Lipinski definition) is 1. The van der Waals surface area contributed by atoms with Crippen LogP contribution in [0.2, 0.25) is 0 Å². The van der Waals surface area contributed by atoms with Crippen molar-refractivity contribution in [2.75, 3.05) is 6.54 Å². The number of carbonyl (C=O) groups excluding carboxylic acids is 1. The lowest BCUT2D eigenvalue weighted by Gasteiger charge is -2.11. The SMILES string of the molecule is CCCNC(=O)C1(C)CC1(Cl)Cl. The van der Waals surface area contributed by atoms with Crippen LogP contribution in [0.3, 0.4) is 0 Å². The molecule has 0 aromatic carbocycles. The van der Waals surface area contributed by atoms with Crippen molar-refractivity contribution in [1.82, 2.24) is 5.32 Å². The summed E-state index contributed by atoms with van der Waals surface area (Å²) in [6, 6.07) is 0. The summed E-state index contributed by atoms with van der Waals surface area (Å²) < 4.78 is -0.842. The van der Waals surface area contributed by atoms with E-state index in [1.807, 2.05) is 6.92 Å². The Balaban J connectivity index is 2.45. The molecule has 0 bridgehead atoms. The van der Waals surface area contributed by atoms with E-state index in [-0.39, 0.29) is 5.91 Å². The first-order valence-electron chi connectivity index (χ1n) is 4.10. The van der Waals surface area contributed by atoms with E-state index in [9.17, 15) is 4.79 Å². The fourth-order valence-corrected chi connectivity index (χ4v) is 1.79. The molecule has 0 radical (unpaired) electrons. The van der Waals surface area contributed by atoms with E-state index in [0.717, 1.165) is 6.42 Å². The molecule has 1 aliphatic rings. The Morgan fingerprint density at radius 2 is 2.08 bits per heavy atom. The van der Waals surface area contributed by atoms with E-state index in [1.54, 1.807) is 6.92 Å². The van der Waals surface area contributed by atoms with Crippen LogP contribution >= 0.6 is 23.2 Å². The average molecular weight is 210 g/mol. The minimum Gasteiger partial charge on any atom is -0.356 e. The monoisotopic (exact) mass is 209 g/mol. The van der Waals surface area contributed by atoms with Crippen LogP contribution in [0.1, 0.15) is 26.7 Å². The van der Waals surface area contributed by atoms with Gasteiger partial charge >= 0.3 is 0 Å². The highest BCUT2D eigenvalue weighted by Crippen LogP contribution is 2.63. The van der Waals surface area contributed by atoms with Crippen molar-refractivity contribution in [3.8, 4) is 0 Å². The summed E-state index contributed by atoms with van der Waals surface area (Å²) >= 11 is 11.7. The van der Waals surface area contributed by atoms with Crippen molar-refractivity contribution in [1.29, 1.82) is 0 Å². The molecule has 1 amide bonds. The molecule has 1 atom stereocenters. The van der Waals surface area contributed by atoms with Crippen LogP contribution in [0.15, 0.2) is 0 Å². The zero-order chi connectivity index (χ0) is 9.41. The maximum absolute atomic E-state index is 11.4. The average Bonchev–Trinajstić information content (AvgIpc) is 2.48.